The third kappa shape index (κ3) is 5.84. The first-order chi connectivity index (χ1) is 18.9. The second-order valence-electron chi connectivity index (χ2n) is 7.89. The number of benzene rings is 2. The lowest BCUT2D eigenvalue weighted by Crippen LogP contribution is -2.19. The minimum Gasteiger partial charge on any atom is -0.494 e. The summed E-state index contributed by atoms with van der Waals surface area (Å²) in [7, 11) is 3.15. The van der Waals surface area contributed by atoms with E-state index < -0.39 is 11.9 Å². The fourth-order valence-electron chi connectivity index (χ4n) is 3.79. The Morgan fingerprint density at radius 1 is 0.846 bits per heavy atom. The molecular weight excluding hydrogens is 575 g/mol. The molecule has 0 amide bonds. The Kier molecular flexibility index (Phi) is 9.67. The molecule has 2 heterocycles. The van der Waals surface area contributed by atoms with Crippen molar-refractivity contribution >= 4 is 65.1 Å². The summed E-state index contributed by atoms with van der Waals surface area (Å²) in [4.78, 5) is 28.6. The van der Waals surface area contributed by atoms with Gasteiger partial charge in [-0.3, -0.25) is 0 Å². The minimum atomic E-state index is -0.738. The van der Waals surface area contributed by atoms with E-state index in [1.54, 1.807) is 34.1 Å². The minimum absolute atomic E-state index is 0.125. The number of hydrogen-bond acceptors (Lipinski definition) is 11. The molecule has 0 saturated carbocycles. The summed E-state index contributed by atoms with van der Waals surface area (Å²) >= 11 is 5.41. The van der Waals surface area contributed by atoms with E-state index >= 15 is 0 Å². The van der Waals surface area contributed by atoms with Crippen LogP contribution in [0.15, 0.2) is 70.0 Å². The molecule has 0 fully saturated rings. The van der Waals surface area contributed by atoms with E-state index in [1.807, 2.05) is 24.3 Å². The molecule has 2 aromatic rings. The zero-order chi connectivity index (χ0) is 28.1. The van der Waals surface area contributed by atoms with Gasteiger partial charge in [-0.25, -0.2) is 9.59 Å². The van der Waals surface area contributed by atoms with Crippen molar-refractivity contribution in [1.82, 2.24) is 0 Å². The highest BCUT2D eigenvalue weighted by molar-refractivity contribution is 8.26. The Morgan fingerprint density at radius 3 is 1.69 bits per heavy atom. The maximum absolute atomic E-state index is 12.7. The second kappa shape index (κ2) is 13.0. The Labute approximate surface area is 244 Å². The van der Waals surface area contributed by atoms with Crippen LogP contribution >= 0.6 is 47.0 Å². The van der Waals surface area contributed by atoms with Gasteiger partial charge < -0.3 is 18.9 Å². The molecule has 0 aromatic heterocycles. The average molecular weight is 600 g/mol. The molecular formula is C28H25NO6S4. The van der Waals surface area contributed by atoms with Gasteiger partial charge in [0.15, 0.2) is 5.57 Å². The van der Waals surface area contributed by atoms with Crippen molar-refractivity contribution in [3.63, 3.8) is 0 Å². The first-order valence-corrected chi connectivity index (χ1v) is 15.1. The molecule has 0 radical (unpaired) electrons. The number of carbonyl (C=O) groups excluding carboxylic acids is 2. The number of nitriles is 1. The van der Waals surface area contributed by atoms with Crippen LogP contribution in [0.2, 0.25) is 0 Å². The predicted molar refractivity (Wildman–Crippen MR) is 156 cm³/mol. The predicted octanol–water partition coefficient (Wildman–Crippen LogP) is 7.06. The van der Waals surface area contributed by atoms with Crippen molar-refractivity contribution in [1.29, 1.82) is 5.26 Å². The van der Waals surface area contributed by atoms with Crippen molar-refractivity contribution in [3.05, 3.63) is 61.6 Å². The van der Waals surface area contributed by atoms with E-state index in [1.165, 1.54) is 47.0 Å². The van der Waals surface area contributed by atoms with Crippen molar-refractivity contribution in [2.24, 2.45) is 0 Å². The highest BCUT2D eigenvalue weighted by Crippen LogP contribution is 2.68. The molecule has 7 nitrogen and oxygen atoms in total. The number of allylic oxidation sites excluding steroid dienone is 1. The van der Waals surface area contributed by atoms with Crippen LogP contribution in [0, 0.1) is 11.3 Å². The van der Waals surface area contributed by atoms with Crippen molar-refractivity contribution in [2.75, 3.05) is 27.4 Å². The summed E-state index contributed by atoms with van der Waals surface area (Å²) in [6, 6.07) is 10.3. The SMILES string of the molecule is C=Cc1ccc(CC(C#N)=C2Sc3c(OC)c4c(c(OC)c3S2)SC(=C(C(=O)OCC)C(=O)OCC)S4)cc1. The highest BCUT2D eigenvalue weighted by atomic mass is 32.2. The summed E-state index contributed by atoms with van der Waals surface area (Å²) in [5, 5.41) is 10.0. The number of methoxy groups -OCH3 is 2. The fourth-order valence-corrected chi connectivity index (χ4v) is 9.37. The Bertz CT molecular complexity index is 1370. The number of hydrogen-bond donors (Lipinski definition) is 0. The standard InChI is InChI=1S/C28H25NO6S4/c1-6-15-9-11-16(12-10-15)13-17(14-29)27-36-21-19(32-4)23-24(20(33-5)22(21)37-27)39-28(38-23)18(25(30)34-7-2)26(31)35-8-3/h6,9-12H,1,7-8,13H2,2-5H3. The van der Waals surface area contributed by atoms with Gasteiger partial charge in [-0.1, -0.05) is 84.0 Å². The van der Waals surface area contributed by atoms with Crippen molar-refractivity contribution < 1.29 is 28.5 Å². The van der Waals surface area contributed by atoms with Crippen LogP contribution in [0.25, 0.3) is 6.08 Å². The lowest BCUT2D eigenvalue weighted by atomic mass is 10.1. The van der Waals surface area contributed by atoms with Crippen molar-refractivity contribution in [3.8, 4) is 17.6 Å². The number of carbonyl (C=O) groups is 2. The topological polar surface area (TPSA) is 94.9 Å². The summed E-state index contributed by atoms with van der Waals surface area (Å²) in [5.74, 6) is -0.281. The molecule has 0 spiro atoms. The third-order valence-corrected chi connectivity index (χ3v) is 10.8. The molecule has 2 aromatic carbocycles. The van der Waals surface area contributed by atoms with Gasteiger partial charge in [0.05, 0.1) is 67.1 Å². The Hall–Kier alpha value is -2.91. The number of fused-ring (bicyclic) bond motifs is 2. The largest absolute Gasteiger partial charge is 0.494 e. The molecule has 39 heavy (non-hydrogen) atoms. The van der Waals surface area contributed by atoms with E-state index in [0.29, 0.717) is 27.7 Å². The number of thioether (sulfide) groups is 4. The zero-order valence-corrected chi connectivity index (χ0v) is 25.0. The monoisotopic (exact) mass is 599 g/mol. The van der Waals surface area contributed by atoms with E-state index in [0.717, 1.165) is 34.9 Å². The van der Waals surface area contributed by atoms with Gasteiger partial charge in [0.25, 0.3) is 0 Å². The highest BCUT2D eigenvalue weighted by Gasteiger charge is 2.40. The Morgan fingerprint density at radius 2 is 1.31 bits per heavy atom. The average Bonchev–Trinajstić information content (AvgIpc) is 3.56. The molecule has 0 aliphatic carbocycles. The van der Waals surface area contributed by atoms with E-state index in [2.05, 4.69) is 12.6 Å². The quantitative estimate of drug-likeness (QED) is 0.0975. The summed E-state index contributed by atoms with van der Waals surface area (Å²) in [5.41, 5.74) is 2.53. The molecule has 0 unspecified atom stereocenters. The molecule has 0 saturated heterocycles. The smallest absolute Gasteiger partial charge is 0.347 e. The van der Waals surface area contributed by atoms with E-state index in [-0.39, 0.29) is 18.8 Å². The number of nitrogens with zero attached hydrogens (tertiary/aromatic N) is 1. The maximum Gasteiger partial charge on any atom is 0.347 e. The van der Waals surface area contributed by atoms with Crippen LogP contribution in [0.1, 0.15) is 25.0 Å². The van der Waals surface area contributed by atoms with Gasteiger partial charge in [-0.2, -0.15) is 5.26 Å². The second-order valence-corrected chi connectivity index (χ2v) is 12.5. The lowest BCUT2D eigenvalue weighted by Gasteiger charge is -2.14. The fraction of sp³-hybridized carbons (Fsp3) is 0.250. The van der Waals surface area contributed by atoms with Gasteiger partial charge in [-0.05, 0) is 25.0 Å². The molecule has 2 aliphatic heterocycles. The first-order valence-electron chi connectivity index (χ1n) is 11.9. The Balaban J connectivity index is 1.76. The van der Waals surface area contributed by atoms with Gasteiger partial charge in [0, 0.05) is 6.42 Å². The van der Waals surface area contributed by atoms with Gasteiger partial charge >= 0.3 is 11.9 Å². The first kappa shape index (κ1) is 29.1. The molecule has 2 aliphatic rings. The zero-order valence-electron chi connectivity index (χ0n) is 21.7. The summed E-state index contributed by atoms with van der Waals surface area (Å²) in [6.07, 6.45) is 2.27. The lowest BCUT2D eigenvalue weighted by molar-refractivity contribution is -0.146. The molecule has 4 rings (SSSR count). The maximum atomic E-state index is 12.7. The van der Waals surface area contributed by atoms with Crippen LogP contribution in [-0.2, 0) is 25.5 Å². The van der Waals surface area contributed by atoms with Gasteiger partial charge in [0.1, 0.15) is 11.5 Å². The number of esters is 2. The van der Waals surface area contributed by atoms with Crippen LogP contribution in [0.3, 0.4) is 0 Å². The molecule has 0 bridgehead atoms. The molecule has 0 N–H and O–H groups in total. The number of rotatable bonds is 9. The van der Waals surface area contributed by atoms with Crippen LogP contribution in [0.5, 0.6) is 11.5 Å². The van der Waals surface area contributed by atoms with Crippen molar-refractivity contribution in [2.45, 2.75) is 39.9 Å². The van der Waals surface area contributed by atoms with Crippen LogP contribution in [0.4, 0.5) is 0 Å². The molecule has 11 heteroatoms. The van der Waals surface area contributed by atoms with Gasteiger partial charge in [0.2, 0.25) is 0 Å². The number of ether oxygens (including phenoxy) is 4. The van der Waals surface area contributed by atoms with E-state index in [9.17, 15) is 14.9 Å². The third-order valence-electron chi connectivity index (χ3n) is 5.57. The normalized spacial score (nSPS) is 13.2. The molecule has 0 atom stereocenters. The van der Waals surface area contributed by atoms with Crippen LogP contribution < -0.4 is 9.47 Å². The molecule has 202 valence electrons. The van der Waals surface area contributed by atoms with E-state index in [4.69, 9.17) is 18.9 Å². The van der Waals surface area contributed by atoms with Gasteiger partial charge in [-0.15, -0.1) is 0 Å². The summed E-state index contributed by atoms with van der Waals surface area (Å²) in [6.45, 7) is 7.39. The summed E-state index contributed by atoms with van der Waals surface area (Å²) < 4.78 is 23.3. The van der Waals surface area contributed by atoms with Crippen LogP contribution in [-0.4, -0.2) is 39.4 Å².